The van der Waals surface area contributed by atoms with Gasteiger partial charge in [-0.05, 0) is 48.7 Å². The van der Waals surface area contributed by atoms with Gasteiger partial charge in [-0.3, -0.25) is 9.78 Å². The number of fused-ring (bicyclic) bond motifs is 1. The number of aromatic amines is 1. The fraction of sp³-hybridized carbons (Fsp3) is 0.231. The van der Waals surface area contributed by atoms with Crippen LogP contribution in [0.15, 0.2) is 72.9 Å². The molecule has 0 aliphatic carbocycles. The van der Waals surface area contributed by atoms with Crippen molar-refractivity contribution < 1.29 is 9.18 Å². The van der Waals surface area contributed by atoms with Gasteiger partial charge >= 0.3 is 0 Å². The predicted molar refractivity (Wildman–Crippen MR) is 120 cm³/mol. The number of pyridine rings is 1. The zero-order valence-corrected chi connectivity index (χ0v) is 17.2. The summed E-state index contributed by atoms with van der Waals surface area (Å²) >= 11 is 0. The number of nitrogens with zero attached hydrogens (tertiary/aromatic N) is 2. The summed E-state index contributed by atoms with van der Waals surface area (Å²) in [6.45, 7) is 1.42. The molecule has 31 heavy (non-hydrogen) atoms. The molecule has 5 rings (SSSR count). The SMILES string of the molecule is O=C(Cc1c[nH]c2ccccc12)N1CCC[C@H](c2cccc(-c3ccccc3F)n2)C1. The average molecular weight is 413 g/mol. The monoisotopic (exact) mass is 413 g/mol. The van der Waals surface area contributed by atoms with Gasteiger partial charge in [0, 0.05) is 47.4 Å². The lowest BCUT2D eigenvalue weighted by atomic mass is 9.93. The minimum Gasteiger partial charge on any atom is -0.361 e. The van der Waals surface area contributed by atoms with E-state index in [-0.39, 0.29) is 17.6 Å². The van der Waals surface area contributed by atoms with Gasteiger partial charge in [-0.2, -0.15) is 0 Å². The number of carbonyl (C=O) groups excluding carboxylic acids is 1. The molecule has 0 spiro atoms. The number of nitrogens with one attached hydrogen (secondary N) is 1. The summed E-state index contributed by atoms with van der Waals surface area (Å²) < 4.78 is 14.2. The topological polar surface area (TPSA) is 49.0 Å². The molecule has 1 aliphatic rings. The van der Waals surface area contributed by atoms with Gasteiger partial charge < -0.3 is 9.88 Å². The highest BCUT2D eigenvalue weighted by atomic mass is 19.1. The minimum absolute atomic E-state index is 0.139. The van der Waals surface area contributed by atoms with E-state index in [4.69, 9.17) is 4.98 Å². The Balaban J connectivity index is 1.33. The Morgan fingerprint density at radius 3 is 2.81 bits per heavy atom. The third-order valence-electron chi connectivity index (χ3n) is 6.13. The number of H-pyrrole nitrogens is 1. The van der Waals surface area contributed by atoms with Crippen molar-refractivity contribution in [1.29, 1.82) is 0 Å². The number of benzene rings is 2. The van der Waals surface area contributed by atoms with Crippen molar-refractivity contribution in [1.82, 2.24) is 14.9 Å². The van der Waals surface area contributed by atoms with E-state index in [0.717, 1.165) is 41.5 Å². The van der Waals surface area contributed by atoms with Gasteiger partial charge in [0.25, 0.3) is 0 Å². The van der Waals surface area contributed by atoms with E-state index in [1.54, 1.807) is 12.1 Å². The van der Waals surface area contributed by atoms with Crippen LogP contribution in [0, 0.1) is 5.82 Å². The second-order valence-corrected chi connectivity index (χ2v) is 8.14. The molecular weight excluding hydrogens is 389 g/mol. The number of hydrogen-bond acceptors (Lipinski definition) is 2. The number of rotatable bonds is 4. The number of halogens is 1. The zero-order chi connectivity index (χ0) is 21.2. The molecule has 0 bridgehead atoms. The van der Waals surface area contributed by atoms with Gasteiger partial charge in [0.1, 0.15) is 5.82 Å². The molecule has 0 saturated carbocycles. The lowest BCUT2D eigenvalue weighted by Crippen LogP contribution is -2.40. The molecule has 4 aromatic rings. The highest BCUT2D eigenvalue weighted by Crippen LogP contribution is 2.29. The Morgan fingerprint density at radius 1 is 1.06 bits per heavy atom. The molecule has 156 valence electrons. The average Bonchev–Trinajstić information content (AvgIpc) is 3.22. The first-order chi connectivity index (χ1) is 15.2. The molecule has 2 aromatic heterocycles. The summed E-state index contributed by atoms with van der Waals surface area (Å²) in [6.07, 6.45) is 4.24. The van der Waals surface area contributed by atoms with Gasteiger partial charge in [-0.1, -0.05) is 36.4 Å². The molecule has 1 amide bonds. The Morgan fingerprint density at radius 2 is 1.90 bits per heavy atom. The predicted octanol–water partition coefficient (Wildman–Crippen LogP) is 5.32. The van der Waals surface area contributed by atoms with Crippen LogP contribution in [-0.2, 0) is 11.2 Å². The molecule has 0 unspecified atom stereocenters. The van der Waals surface area contributed by atoms with E-state index in [9.17, 15) is 9.18 Å². The first-order valence-electron chi connectivity index (χ1n) is 10.7. The summed E-state index contributed by atoms with van der Waals surface area (Å²) in [6, 6.07) is 20.5. The number of para-hydroxylation sites is 1. The van der Waals surface area contributed by atoms with Crippen molar-refractivity contribution in [3.8, 4) is 11.3 Å². The van der Waals surface area contributed by atoms with Crippen LogP contribution in [0.4, 0.5) is 4.39 Å². The first kappa shape index (κ1) is 19.5. The molecule has 0 radical (unpaired) electrons. The maximum Gasteiger partial charge on any atom is 0.227 e. The largest absolute Gasteiger partial charge is 0.361 e. The van der Waals surface area contributed by atoms with Crippen molar-refractivity contribution in [2.75, 3.05) is 13.1 Å². The highest BCUT2D eigenvalue weighted by molar-refractivity contribution is 5.89. The van der Waals surface area contributed by atoms with Gasteiger partial charge in [-0.25, -0.2) is 4.39 Å². The summed E-state index contributed by atoms with van der Waals surface area (Å²) in [5.41, 5.74) is 4.15. The lowest BCUT2D eigenvalue weighted by Gasteiger charge is -2.32. The normalized spacial score (nSPS) is 16.5. The zero-order valence-electron chi connectivity index (χ0n) is 17.2. The molecule has 4 nitrogen and oxygen atoms in total. The molecular formula is C26H24FN3O. The van der Waals surface area contributed by atoms with Crippen molar-refractivity contribution in [3.05, 3.63) is 90.0 Å². The van der Waals surface area contributed by atoms with Gasteiger partial charge in [0.15, 0.2) is 0 Å². The Labute approximate surface area is 180 Å². The smallest absolute Gasteiger partial charge is 0.227 e. The minimum atomic E-state index is -0.272. The number of carbonyl (C=O) groups is 1. The third-order valence-corrected chi connectivity index (χ3v) is 6.13. The van der Waals surface area contributed by atoms with Crippen LogP contribution in [0.5, 0.6) is 0 Å². The first-order valence-corrected chi connectivity index (χ1v) is 10.7. The molecule has 1 N–H and O–H groups in total. The molecule has 2 aromatic carbocycles. The van der Waals surface area contributed by atoms with E-state index >= 15 is 0 Å². The van der Waals surface area contributed by atoms with Crippen molar-refractivity contribution in [2.24, 2.45) is 0 Å². The number of likely N-dealkylation sites (tertiary alicyclic amines) is 1. The van der Waals surface area contributed by atoms with E-state index in [2.05, 4.69) is 4.98 Å². The lowest BCUT2D eigenvalue weighted by molar-refractivity contribution is -0.131. The van der Waals surface area contributed by atoms with Crippen molar-refractivity contribution >= 4 is 16.8 Å². The van der Waals surface area contributed by atoms with Crippen LogP contribution in [0.1, 0.15) is 30.0 Å². The summed E-state index contributed by atoms with van der Waals surface area (Å²) in [4.78, 5) is 23.0. The van der Waals surface area contributed by atoms with E-state index < -0.39 is 0 Å². The molecule has 3 heterocycles. The van der Waals surface area contributed by atoms with Gasteiger partial charge in [-0.15, -0.1) is 0 Å². The Kier molecular flexibility index (Phi) is 5.24. The maximum absolute atomic E-state index is 14.2. The van der Waals surface area contributed by atoms with E-state index in [0.29, 0.717) is 24.2 Å². The van der Waals surface area contributed by atoms with Crippen LogP contribution in [0.25, 0.3) is 22.2 Å². The van der Waals surface area contributed by atoms with Crippen LogP contribution < -0.4 is 0 Å². The van der Waals surface area contributed by atoms with E-state index in [1.807, 2.05) is 59.6 Å². The standard InChI is InChI=1S/C26H24FN3O/c27-22-10-3-1-9-21(22)25-13-5-12-23(29-25)18-7-6-14-30(17-18)26(31)15-19-16-28-24-11-4-2-8-20(19)24/h1-5,8-13,16,18,28H,6-7,14-15,17H2/t18-/m0/s1. The van der Waals surface area contributed by atoms with Crippen LogP contribution in [0.3, 0.4) is 0 Å². The molecule has 1 saturated heterocycles. The van der Waals surface area contributed by atoms with Gasteiger partial charge in [0.05, 0.1) is 12.1 Å². The maximum atomic E-state index is 14.2. The van der Waals surface area contributed by atoms with Crippen LogP contribution in [0.2, 0.25) is 0 Å². The number of amides is 1. The van der Waals surface area contributed by atoms with E-state index in [1.165, 1.54) is 6.07 Å². The number of hydrogen-bond donors (Lipinski definition) is 1. The van der Waals surface area contributed by atoms with Crippen molar-refractivity contribution in [3.63, 3.8) is 0 Å². The summed E-state index contributed by atoms with van der Waals surface area (Å²) in [7, 11) is 0. The van der Waals surface area contributed by atoms with Gasteiger partial charge in [0.2, 0.25) is 5.91 Å². The third kappa shape index (κ3) is 3.96. The molecule has 1 fully saturated rings. The molecule has 5 heteroatoms. The van der Waals surface area contributed by atoms with Crippen LogP contribution in [-0.4, -0.2) is 33.9 Å². The quantitative estimate of drug-likeness (QED) is 0.492. The fourth-order valence-electron chi connectivity index (χ4n) is 4.50. The van der Waals surface area contributed by atoms with Crippen molar-refractivity contribution in [2.45, 2.75) is 25.2 Å². The van der Waals surface area contributed by atoms with Crippen LogP contribution >= 0.6 is 0 Å². The highest BCUT2D eigenvalue weighted by Gasteiger charge is 2.26. The fourth-order valence-corrected chi connectivity index (χ4v) is 4.50. The molecule has 1 aliphatic heterocycles. The molecule has 1 atom stereocenters. The second-order valence-electron chi connectivity index (χ2n) is 8.14. The number of piperidine rings is 1. The Hall–Kier alpha value is -3.47. The summed E-state index contributed by atoms with van der Waals surface area (Å²) in [5.74, 6) is 0.0263. The number of aromatic nitrogens is 2. The Bertz CT molecular complexity index is 1230. The summed E-state index contributed by atoms with van der Waals surface area (Å²) in [5, 5.41) is 1.10. The second kappa shape index (κ2) is 8.34.